The molecule has 12 heteroatoms. The summed E-state index contributed by atoms with van der Waals surface area (Å²) in [7, 11) is -3.24. The fourth-order valence-corrected chi connectivity index (χ4v) is 6.72. The van der Waals surface area contributed by atoms with Gasteiger partial charge in [0.1, 0.15) is 0 Å². The fraction of sp³-hybridized carbons (Fsp3) is 0.474. The SMILES string of the molecule is CCCS(=O)(=O)N1CCC(NC(=O)c2ccc(Sc3nc(C)cs3)c([N+](=O)[O-])c2)CC1. The summed E-state index contributed by atoms with van der Waals surface area (Å²) in [5, 5.41) is 16.3. The van der Waals surface area contributed by atoms with Crippen LogP contribution in [0.1, 0.15) is 42.2 Å². The lowest BCUT2D eigenvalue weighted by molar-refractivity contribution is -0.387. The number of nitro benzene ring substituents is 1. The number of sulfonamides is 1. The standard InChI is InChI=1S/C19H24N4O5S3/c1-3-10-31(27,28)22-8-6-15(7-9-22)21-18(24)14-4-5-17(16(11-14)23(25)26)30-19-20-13(2)12-29-19/h4-5,11-12,15H,3,6-10H2,1-2H3,(H,21,24). The Morgan fingerprint density at radius 2 is 2.10 bits per heavy atom. The summed E-state index contributed by atoms with van der Waals surface area (Å²) in [5.74, 6) is -0.280. The maximum Gasteiger partial charge on any atom is 0.284 e. The Hall–Kier alpha value is -2.02. The smallest absolute Gasteiger partial charge is 0.284 e. The van der Waals surface area contributed by atoms with Crippen LogP contribution >= 0.6 is 23.1 Å². The van der Waals surface area contributed by atoms with Gasteiger partial charge in [0.05, 0.1) is 15.6 Å². The van der Waals surface area contributed by atoms with Crippen LogP contribution in [0.2, 0.25) is 0 Å². The minimum atomic E-state index is -3.24. The number of nitro groups is 1. The fourth-order valence-electron chi connectivity index (χ4n) is 3.30. The highest BCUT2D eigenvalue weighted by Crippen LogP contribution is 2.36. The number of aryl methyl sites for hydroxylation is 1. The number of hydrogen-bond acceptors (Lipinski definition) is 8. The maximum atomic E-state index is 12.7. The molecule has 1 aliphatic heterocycles. The van der Waals surface area contributed by atoms with Gasteiger partial charge in [-0.2, -0.15) is 0 Å². The first-order valence-electron chi connectivity index (χ1n) is 9.86. The van der Waals surface area contributed by atoms with E-state index in [9.17, 15) is 23.3 Å². The van der Waals surface area contributed by atoms with Crippen LogP contribution in [0.25, 0.3) is 0 Å². The zero-order chi connectivity index (χ0) is 22.6. The van der Waals surface area contributed by atoms with Crippen molar-refractivity contribution in [1.82, 2.24) is 14.6 Å². The molecule has 1 aromatic heterocycles. The first-order chi connectivity index (χ1) is 14.7. The second-order valence-electron chi connectivity index (χ2n) is 7.26. The molecule has 168 valence electrons. The van der Waals surface area contributed by atoms with Gasteiger partial charge in [-0.25, -0.2) is 17.7 Å². The first kappa shape index (κ1) is 23.6. The number of nitrogens with zero attached hydrogens (tertiary/aromatic N) is 3. The molecule has 1 aliphatic rings. The van der Waals surface area contributed by atoms with Gasteiger partial charge in [-0.05, 0) is 38.3 Å². The Bertz CT molecular complexity index is 1060. The number of piperidine rings is 1. The Morgan fingerprint density at radius 3 is 2.68 bits per heavy atom. The summed E-state index contributed by atoms with van der Waals surface area (Å²) in [6.45, 7) is 4.39. The van der Waals surface area contributed by atoms with Crippen LogP contribution in [0, 0.1) is 17.0 Å². The van der Waals surface area contributed by atoms with Crippen LogP contribution in [0.3, 0.4) is 0 Å². The molecule has 0 radical (unpaired) electrons. The third-order valence-electron chi connectivity index (χ3n) is 4.86. The van der Waals surface area contributed by atoms with E-state index in [1.165, 1.54) is 33.5 Å². The number of amides is 1. The van der Waals surface area contributed by atoms with Crippen molar-refractivity contribution in [2.75, 3.05) is 18.8 Å². The van der Waals surface area contributed by atoms with Crippen LogP contribution in [-0.4, -0.2) is 53.4 Å². The quantitative estimate of drug-likeness (QED) is 0.450. The van der Waals surface area contributed by atoms with Gasteiger partial charge in [-0.1, -0.05) is 18.7 Å². The summed E-state index contributed by atoms with van der Waals surface area (Å²) < 4.78 is 26.5. The molecule has 1 fully saturated rings. The van der Waals surface area contributed by atoms with E-state index in [2.05, 4.69) is 10.3 Å². The number of nitrogens with one attached hydrogen (secondary N) is 1. The molecule has 31 heavy (non-hydrogen) atoms. The average molecular weight is 485 g/mol. The third kappa shape index (κ3) is 6.03. The predicted octanol–water partition coefficient (Wildman–Crippen LogP) is 3.44. The molecule has 3 rings (SSSR count). The highest BCUT2D eigenvalue weighted by atomic mass is 32.2. The van der Waals surface area contributed by atoms with Crippen molar-refractivity contribution in [3.05, 3.63) is 45.0 Å². The number of carbonyl (C=O) groups excluding carboxylic acids is 1. The van der Waals surface area contributed by atoms with Crippen LogP contribution < -0.4 is 5.32 Å². The third-order valence-corrected chi connectivity index (χ3v) is 9.06. The number of hydrogen-bond donors (Lipinski definition) is 1. The van der Waals surface area contributed by atoms with Crippen LogP contribution in [-0.2, 0) is 10.0 Å². The van der Waals surface area contributed by atoms with Crippen molar-refractivity contribution in [3.63, 3.8) is 0 Å². The summed E-state index contributed by atoms with van der Waals surface area (Å²) in [6.07, 6.45) is 1.58. The van der Waals surface area contributed by atoms with Crippen molar-refractivity contribution >= 4 is 44.7 Å². The highest BCUT2D eigenvalue weighted by molar-refractivity contribution is 8.01. The highest BCUT2D eigenvalue weighted by Gasteiger charge is 2.28. The van der Waals surface area contributed by atoms with Crippen molar-refractivity contribution in [1.29, 1.82) is 0 Å². The van der Waals surface area contributed by atoms with Crippen molar-refractivity contribution in [2.45, 2.75) is 48.4 Å². The van der Waals surface area contributed by atoms with Gasteiger partial charge < -0.3 is 5.32 Å². The number of carbonyl (C=O) groups is 1. The van der Waals surface area contributed by atoms with E-state index in [4.69, 9.17) is 0 Å². The summed E-state index contributed by atoms with van der Waals surface area (Å²) >= 11 is 2.60. The lowest BCUT2D eigenvalue weighted by Gasteiger charge is -2.31. The molecule has 0 atom stereocenters. The molecule has 0 spiro atoms. The van der Waals surface area contributed by atoms with Crippen LogP contribution in [0.4, 0.5) is 5.69 Å². The van der Waals surface area contributed by atoms with E-state index in [0.717, 1.165) is 5.69 Å². The monoisotopic (exact) mass is 484 g/mol. The Kier molecular flexibility index (Phi) is 7.68. The van der Waals surface area contributed by atoms with E-state index >= 15 is 0 Å². The molecule has 9 nitrogen and oxygen atoms in total. The van der Waals surface area contributed by atoms with Gasteiger partial charge in [0, 0.05) is 41.8 Å². The molecule has 0 unspecified atom stereocenters. The molecule has 1 aromatic carbocycles. The minimum Gasteiger partial charge on any atom is -0.349 e. The van der Waals surface area contributed by atoms with E-state index < -0.39 is 20.9 Å². The van der Waals surface area contributed by atoms with Crippen molar-refractivity contribution in [3.8, 4) is 0 Å². The summed E-state index contributed by atoms with van der Waals surface area (Å²) in [6, 6.07) is 4.23. The molecule has 0 aliphatic carbocycles. The lowest BCUT2D eigenvalue weighted by Crippen LogP contribution is -2.47. The minimum absolute atomic E-state index is 0.124. The zero-order valence-corrected chi connectivity index (χ0v) is 19.7. The average Bonchev–Trinajstić information content (AvgIpc) is 3.13. The molecule has 0 saturated carbocycles. The number of benzene rings is 1. The summed E-state index contributed by atoms with van der Waals surface area (Å²) in [5.41, 5.74) is 0.901. The number of rotatable bonds is 8. The molecule has 1 N–H and O–H groups in total. The van der Waals surface area contributed by atoms with Gasteiger partial charge in [0.15, 0.2) is 4.34 Å². The molecular formula is C19H24N4O5S3. The van der Waals surface area contributed by atoms with Crippen molar-refractivity contribution in [2.24, 2.45) is 0 Å². The lowest BCUT2D eigenvalue weighted by atomic mass is 10.1. The second kappa shape index (κ2) is 10.1. The Balaban J connectivity index is 1.65. The molecule has 1 amide bonds. The number of aromatic nitrogens is 1. The second-order valence-corrected chi connectivity index (χ2v) is 11.5. The van der Waals surface area contributed by atoms with Gasteiger partial charge in [-0.3, -0.25) is 14.9 Å². The zero-order valence-electron chi connectivity index (χ0n) is 17.2. The Morgan fingerprint density at radius 1 is 1.39 bits per heavy atom. The van der Waals surface area contributed by atoms with Crippen LogP contribution in [0.5, 0.6) is 0 Å². The molecule has 0 bridgehead atoms. The van der Waals surface area contributed by atoms with Gasteiger partial charge >= 0.3 is 0 Å². The normalized spacial score (nSPS) is 15.7. The molecule has 1 saturated heterocycles. The largest absolute Gasteiger partial charge is 0.349 e. The van der Waals surface area contributed by atoms with Gasteiger partial charge in [-0.15, -0.1) is 11.3 Å². The van der Waals surface area contributed by atoms with E-state index in [1.807, 2.05) is 19.2 Å². The van der Waals surface area contributed by atoms with Gasteiger partial charge in [0.2, 0.25) is 10.0 Å². The summed E-state index contributed by atoms with van der Waals surface area (Å²) in [4.78, 5) is 28.4. The Labute approximate surface area is 189 Å². The maximum absolute atomic E-state index is 12.7. The topological polar surface area (TPSA) is 123 Å². The molecular weight excluding hydrogens is 460 g/mol. The van der Waals surface area contributed by atoms with Crippen molar-refractivity contribution < 1.29 is 18.1 Å². The first-order valence-corrected chi connectivity index (χ1v) is 13.2. The predicted molar refractivity (Wildman–Crippen MR) is 120 cm³/mol. The molecule has 2 aromatic rings. The van der Waals surface area contributed by atoms with Gasteiger partial charge in [0.25, 0.3) is 11.6 Å². The molecule has 2 heterocycles. The van der Waals surface area contributed by atoms with Crippen LogP contribution in [0.15, 0.2) is 32.8 Å². The van der Waals surface area contributed by atoms with E-state index in [0.29, 0.717) is 41.6 Å². The van der Waals surface area contributed by atoms with E-state index in [-0.39, 0.29) is 23.0 Å². The van der Waals surface area contributed by atoms with E-state index in [1.54, 1.807) is 12.1 Å². The number of thiazole rings is 1.